The first-order valence-electron chi connectivity index (χ1n) is 6.55. The largest absolute Gasteiger partial charge is 0.416 e. The van der Waals surface area contributed by atoms with E-state index in [0.717, 1.165) is 12.6 Å². The van der Waals surface area contributed by atoms with Crippen LogP contribution in [0.3, 0.4) is 0 Å². The zero-order valence-electron chi connectivity index (χ0n) is 11.7. The van der Waals surface area contributed by atoms with Crippen LogP contribution >= 0.6 is 0 Å². The Morgan fingerprint density at radius 2 is 2.14 bits per heavy atom. The van der Waals surface area contributed by atoms with E-state index in [4.69, 9.17) is 0 Å². The van der Waals surface area contributed by atoms with E-state index in [9.17, 15) is 28.1 Å². The molecule has 6 nitrogen and oxygen atoms in total. The van der Waals surface area contributed by atoms with Gasteiger partial charge < -0.3 is 10.2 Å². The van der Waals surface area contributed by atoms with Crippen molar-refractivity contribution in [1.29, 1.82) is 0 Å². The van der Waals surface area contributed by atoms with Crippen molar-refractivity contribution < 1.29 is 22.9 Å². The second kappa shape index (κ2) is 5.91. The van der Waals surface area contributed by atoms with Crippen LogP contribution in [0.25, 0.3) is 0 Å². The molecule has 0 spiro atoms. The molecule has 0 bridgehead atoms. The first-order valence-corrected chi connectivity index (χ1v) is 6.55. The Morgan fingerprint density at radius 3 is 2.64 bits per heavy atom. The Bertz CT molecular complexity index is 598. The Balaban J connectivity index is 2.37. The summed E-state index contributed by atoms with van der Waals surface area (Å²) in [6.07, 6.45) is -4.01. The molecule has 1 fully saturated rings. The summed E-state index contributed by atoms with van der Waals surface area (Å²) in [5.74, 6) is -0.658. The third-order valence-corrected chi connectivity index (χ3v) is 3.65. The third kappa shape index (κ3) is 3.19. The molecular weight excluding hydrogens is 303 g/mol. The van der Waals surface area contributed by atoms with Crippen molar-refractivity contribution in [2.45, 2.75) is 18.6 Å². The number of rotatable bonds is 3. The van der Waals surface area contributed by atoms with Crippen molar-refractivity contribution >= 4 is 11.6 Å². The number of amides is 1. The van der Waals surface area contributed by atoms with Crippen LogP contribution in [0.1, 0.15) is 22.3 Å². The fourth-order valence-corrected chi connectivity index (χ4v) is 2.37. The average molecular weight is 317 g/mol. The maximum absolute atomic E-state index is 12.6. The van der Waals surface area contributed by atoms with Crippen LogP contribution in [0.4, 0.5) is 18.9 Å². The molecule has 2 rings (SSSR count). The molecule has 1 aliphatic heterocycles. The van der Waals surface area contributed by atoms with Crippen LogP contribution in [0.5, 0.6) is 0 Å². The van der Waals surface area contributed by atoms with E-state index in [2.05, 4.69) is 5.32 Å². The van der Waals surface area contributed by atoms with Crippen molar-refractivity contribution in [3.05, 3.63) is 39.4 Å². The van der Waals surface area contributed by atoms with Crippen LogP contribution in [0.15, 0.2) is 18.2 Å². The highest BCUT2D eigenvalue weighted by Crippen LogP contribution is 2.33. The van der Waals surface area contributed by atoms with Gasteiger partial charge in [0.15, 0.2) is 0 Å². The normalized spacial score (nSPS) is 18.3. The van der Waals surface area contributed by atoms with Gasteiger partial charge in [0, 0.05) is 25.7 Å². The summed E-state index contributed by atoms with van der Waals surface area (Å²) in [7, 11) is 1.49. The van der Waals surface area contributed by atoms with Gasteiger partial charge in [0.1, 0.15) is 5.56 Å². The molecule has 22 heavy (non-hydrogen) atoms. The van der Waals surface area contributed by atoms with Crippen LogP contribution < -0.4 is 5.32 Å². The molecule has 0 aromatic heterocycles. The highest BCUT2D eigenvalue weighted by atomic mass is 19.4. The van der Waals surface area contributed by atoms with Gasteiger partial charge in [-0.05, 0) is 25.1 Å². The third-order valence-electron chi connectivity index (χ3n) is 3.65. The lowest BCUT2D eigenvalue weighted by molar-refractivity contribution is -0.385. The quantitative estimate of drug-likeness (QED) is 0.684. The van der Waals surface area contributed by atoms with Crippen LogP contribution in [0.2, 0.25) is 0 Å². The Labute approximate surface area is 124 Å². The summed E-state index contributed by atoms with van der Waals surface area (Å²) in [6.45, 7) is 1.27. The lowest BCUT2D eigenvalue weighted by Gasteiger charge is -2.23. The van der Waals surface area contributed by atoms with Gasteiger partial charge in [-0.3, -0.25) is 14.9 Å². The minimum Gasteiger partial charge on any atom is -0.337 e. The number of hydrogen-bond acceptors (Lipinski definition) is 4. The van der Waals surface area contributed by atoms with Crippen molar-refractivity contribution in [3.63, 3.8) is 0 Å². The average Bonchev–Trinajstić information content (AvgIpc) is 2.98. The van der Waals surface area contributed by atoms with Gasteiger partial charge in [-0.25, -0.2) is 0 Å². The monoisotopic (exact) mass is 317 g/mol. The van der Waals surface area contributed by atoms with E-state index in [1.165, 1.54) is 11.9 Å². The summed E-state index contributed by atoms with van der Waals surface area (Å²) < 4.78 is 37.9. The van der Waals surface area contributed by atoms with Crippen molar-refractivity contribution in [2.75, 3.05) is 20.1 Å². The zero-order chi connectivity index (χ0) is 16.5. The van der Waals surface area contributed by atoms with Gasteiger partial charge in [0.25, 0.3) is 11.6 Å². The number of carbonyl (C=O) groups is 1. The number of nitrogens with one attached hydrogen (secondary N) is 1. The molecule has 1 saturated heterocycles. The number of nitrogens with zero attached hydrogens (tertiary/aromatic N) is 2. The fraction of sp³-hybridized carbons (Fsp3) is 0.462. The molecule has 1 aromatic carbocycles. The SMILES string of the molecule is CN(C(=O)c1ccc(C(F)(F)F)cc1[N+](=O)[O-])C1CCNC1. The van der Waals surface area contributed by atoms with Gasteiger partial charge in [0.2, 0.25) is 0 Å². The minimum atomic E-state index is -4.70. The van der Waals surface area contributed by atoms with Gasteiger partial charge in [-0.1, -0.05) is 0 Å². The van der Waals surface area contributed by atoms with E-state index in [1.807, 2.05) is 0 Å². The number of halogens is 3. The molecule has 0 radical (unpaired) electrons. The van der Waals surface area contributed by atoms with E-state index < -0.39 is 28.3 Å². The number of hydrogen-bond donors (Lipinski definition) is 1. The molecule has 0 saturated carbocycles. The van der Waals surface area contributed by atoms with E-state index in [0.29, 0.717) is 25.1 Å². The van der Waals surface area contributed by atoms with Crippen LogP contribution in [0, 0.1) is 10.1 Å². The van der Waals surface area contributed by atoms with Crippen LogP contribution in [-0.2, 0) is 6.18 Å². The van der Waals surface area contributed by atoms with Gasteiger partial charge in [-0.15, -0.1) is 0 Å². The molecule has 1 aromatic rings. The van der Waals surface area contributed by atoms with Crippen LogP contribution in [-0.4, -0.2) is 41.9 Å². The maximum atomic E-state index is 12.6. The number of carbonyl (C=O) groups excluding carboxylic acids is 1. The molecular formula is C13H14F3N3O3. The predicted octanol–water partition coefficient (Wildman–Crippen LogP) is 2.05. The molecule has 0 aliphatic carbocycles. The topological polar surface area (TPSA) is 75.5 Å². The van der Waals surface area contributed by atoms with Gasteiger partial charge in [0.05, 0.1) is 10.5 Å². The molecule has 1 N–H and O–H groups in total. The minimum absolute atomic E-state index is 0.130. The second-order valence-corrected chi connectivity index (χ2v) is 5.05. The summed E-state index contributed by atoms with van der Waals surface area (Å²) in [4.78, 5) is 23.7. The standard InChI is InChI=1S/C13H14F3N3O3/c1-18(9-4-5-17-7-9)12(20)10-3-2-8(13(14,15)16)6-11(10)19(21)22/h2-3,6,9,17H,4-5,7H2,1H3. The number of alkyl halides is 3. The number of benzene rings is 1. The predicted molar refractivity (Wildman–Crippen MR) is 71.5 cm³/mol. The molecule has 1 heterocycles. The number of likely N-dealkylation sites (N-methyl/N-ethyl adjacent to an activating group) is 1. The molecule has 1 atom stereocenters. The van der Waals surface area contributed by atoms with Crippen molar-refractivity contribution in [1.82, 2.24) is 10.2 Å². The smallest absolute Gasteiger partial charge is 0.337 e. The zero-order valence-corrected chi connectivity index (χ0v) is 11.7. The second-order valence-electron chi connectivity index (χ2n) is 5.05. The summed E-state index contributed by atoms with van der Waals surface area (Å²) >= 11 is 0. The van der Waals surface area contributed by atoms with Gasteiger partial charge in [-0.2, -0.15) is 13.2 Å². The molecule has 120 valence electrons. The molecule has 1 amide bonds. The highest BCUT2D eigenvalue weighted by molar-refractivity contribution is 5.98. The highest BCUT2D eigenvalue weighted by Gasteiger charge is 2.35. The maximum Gasteiger partial charge on any atom is 0.416 e. The Morgan fingerprint density at radius 1 is 1.45 bits per heavy atom. The van der Waals surface area contributed by atoms with Crippen molar-refractivity contribution in [3.8, 4) is 0 Å². The molecule has 1 unspecified atom stereocenters. The first kappa shape index (κ1) is 16.2. The van der Waals surface area contributed by atoms with E-state index >= 15 is 0 Å². The lowest BCUT2D eigenvalue weighted by atomic mass is 10.1. The lowest BCUT2D eigenvalue weighted by Crippen LogP contribution is -2.38. The molecule has 9 heteroatoms. The fourth-order valence-electron chi connectivity index (χ4n) is 2.37. The summed E-state index contributed by atoms with van der Waals surface area (Å²) in [6, 6.07) is 1.81. The van der Waals surface area contributed by atoms with Gasteiger partial charge >= 0.3 is 6.18 Å². The first-order chi connectivity index (χ1) is 10.2. The van der Waals surface area contributed by atoms with E-state index in [1.54, 1.807) is 0 Å². The summed E-state index contributed by atoms with van der Waals surface area (Å²) in [5.41, 5.74) is -2.33. The number of nitro benzene ring substituents is 1. The molecule has 1 aliphatic rings. The Kier molecular flexibility index (Phi) is 4.36. The number of nitro groups is 1. The summed E-state index contributed by atoms with van der Waals surface area (Å²) in [5, 5.41) is 14.1. The van der Waals surface area contributed by atoms with Crippen molar-refractivity contribution in [2.24, 2.45) is 0 Å². The Hall–Kier alpha value is -2.16. The van der Waals surface area contributed by atoms with E-state index in [-0.39, 0.29) is 11.6 Å².